The first-order valence-corrected chi connectivity index (χ1v) is 10.7. The first-order chi connectivity index (χ1) is 13.6. The van der Waals surface area contributed by atoms with Crippen LogP contribution < -0.4 is 10.1 Å². The maximum Gasteiger partial charge on any atom is 0.341 e. The quantitative estimate of drug-likeness (QED) is 0.485. The van der Waals surface area contributed by atoms with Crippen molar-refractivity contribution in [3.63, 3.8) is 0 Å². The molecule has 5 nitrogen and oxygen atoms in total. The fourth-order valence-corrected chi connectivity index (χ4v) is 4.76. The smallest absolute Gasteiger partial charge is 0.341 e. The van der Waals surface area contributed by atoms with Gasteiger partial charge < -0.3 is 14.8 Å². The van der Waals surface area contributed by atoms with Crippen LogP contribution >= 0.6 is 11.3 Å². The number of amides is 1. The molecule has 0 radical (unpaired) electrons. The Hall–Kier alpha value is -2.34. The van der Waals surface area contributed by atoms with Crippen molar-refractivity contribution in [2.45, 2.75) is 51.9 Å². The standard InChI is InChI=1S/C22H27NO4S/c1-3-6-15-10-12-16(13-11-15)27-14-5-9-19(24)23-21-20(22(25)26-2)17-7-4-8-18(17)28-21/h10-13H,3-9,14H2,1-2H3,(H,23,24). The van der Waals surface area contributed by atoms with Gasteiger partial charge in [0.1, 0.15) is 10.8 Å². The van der Waals surface area contributed by atoms with Gasteiger partial charge in [-0.15, -0.1) is 11.3 Å². The van der Waals surface area contributed by atoms with E-state index >= 15 is 0 Å². The van der Waals surface area contributed by atoms with Crippen molar-refractivity contribution in [3.8, 4) is 5.75 Å². The molecule has 0 saturated heterocycles. The van der Waals surface area contributed by atoms with E-state index in [1.165, 1.54) is 28.9 Å². The Morgan fingerprint density at radius 3 is 2.68 bits per heavy atom. The van der Waals surface area contributed by atoms with E-state index in [1.54, 1.807) is 0 Å². The van der Waals surface area contributed by atoms with E-state index in [4.69, 9.17) is 9.47 Å². The third-order valence-electron chi connectivity index (χ3n) is 4.84. The molecule has 1 aromatic heterocycles. The number of aryl methyl sites for hydroxylation is 2. The van der Waals surface area contributed by atoms with Crippen molar-refractivity contribution in [2.75, 3.05) is 19.0 Å². The molecule has 1 aliphatic rings. The second kappa shape index (κ2) is 9.73. The predicted molar refractivity (Wildman–Crippen MR) is 111 cm³/mol. The number of benzene rings is 1. The van der Waals surface area contributed by atoms with Gasteiger partial charge in [0.15, 0.2) is 0 Å². The Morgan fingerprint density at radius 2 is 1.96 bits per heavy atom. The topological polar surface area (TPSA) is 64.6 Å². The molecule has 1 heterocycles. The molecule has 1 aromatic carbocycles. The number of hydrogen-bond acceptors (Lipinski definition) is 5. The van der Waals surface area contributed by atoms with Crippen molar-refractivity contribution in [1.29, 1.82) is 0 Å². The maximum absolute atomic E-state index is 12.3. The van der Waals surface area contributed by atoms with Crippen LogP contribution in [0, 0.1) is 0 Å². The summed E-state index contributed by atoms with van der Waals surface area (Å²) >= 11 is 1.50. The third-order valence-corrected chi connectivity index (χ3v) is 6.05. The normalized spacial score (nSPS) is 12.5. The lowest BCUT2D eigenvalue weighted by molar-refractivity contribution is -0.116. The van der Waals surface area contributed by atoms with Crippen LogP contribution in [0.15, 0.2) is 24.3 Å². The molecule has 1 aliphatic carbocycles. The zero-order chi connectivity index (χ0) is 19.9. The molecule has 1 N–H and O–H groups in total. The number of hydrogen-bond donors (Lipinski definition) is 1. The van der Waals surface area contributed by atoms with Gasteiger partial charge in [0.05, 0.1) is 19.3 Å². The summed E-state index contributed by atoms with van der Waals surface area (Å²) in [6.45, 7) is 2.64. The Labute approximate surface area is 170 Å². The predicted octanol–water partition coefficient (Wildman–Crippen LogP) is 4.77. The molecule has 0 atom stereocenters. The molecule has 2 aromatic rings. The summed E-state index contributed by atoms with van der Waals surface area (Å²) in [6.07, 6.45) is 6.04. The third kappa shape index (κ3) is 4.93. The van der Waals surface area contributed by atoms with Crippen LogP contribution in [-0.4, -0.2) is 25.6 Å². The van der Waals surface area contributed by atoms with E-state index in [-0.39, 0.29) is 11.9 Å². The maximum atomic E-state index is 12.3. The van der Waals surface area contributed by atoms with E-state index in [2.05, 4.69) is 24.4 Å². The van der Waals surface area contributed by atoms with Gasteiger partial charge in [-0.25, -0.2) is 4.79 Å². The number of carbonyl (C=O) groups is 2. The van der Waals surface area contributed by atoms with Crippen LogP contribution in [0.1, 0.15) is 59.0 Å². The van der Waals surface area contributed by atoms with Gasteiger partial charge in [0.25, 0.3) is 0 Å². The van der Waals surface area contributed by atoms with Crippen molar-refractivity contribution in [2.24, 2.45) is 0 Å². The lowest BCUT2D eigenvalue weighted by atomic mass is 10.1. The summed E-state index contributed by atoms with van der Waals surface area (Å²) in [7, 11) is 1.37. The summed E-state index contributed by atoms with van der Waals surface area (Å²) in [5.74, 6) is 0.347. The number of methoxy groups -OCH3 is 1. The monoisotopic (exact) mass is 401 g/mol. The van der Waals surface area contributed by atoms with E-state index in [0.717, 1.165) is 43.4 Å². The lowest BCUT2D eigenvalue weighted by Gasteiger charge is -2.08. The zero-order valence-electron chi connectivity index (χ0n) is 16.5. The van der Waals surface area contributed by atoms with Crippen molar-refractivity contribution in [1.82, 2.24) is 0 Å². The van der Waals surface area contributed by atoms with Crippen LogP contribution in [0.25, 0.3) is 0 Å². The summed E-state index contributed by atoms with van der Waals surface area (Å²) in [5, 5.41) is 3.52. The highest BCUT2D eigenvalue weighted by Crippen LogP contribution is 2.39. The number of carbonyl (C=O) groups excluding carboxylic acids is 2. The zero-order valence-corrected chi connectivity index (χ0v) is 17.3. The van der Waals surface area contributed by atoms with Crippen LogP contribution in [-0.2, 0) is 28.8 Å². The second-order valence-electron chi connectivity index (χ2n) is 6.95. The van der Waals surface area contributed by atoms with Gasteiger partial charge in [-0.3, -0.25) is 4.79 Å². The minimum Gasteiger partial charge on any atom is -0.494 e. The average molecular weight is 402 g/mol. The van der Waals surface area contributed by atoms with Gasteiger partial charge in [-0.2, -0.15) is 0 Å². The number of nitrogens with one attached hydrogen (secondary N) is 1. The molecule has 0 spiro atoms. The Morgan fingerprint density at radius 1 is 1.18 bits per heavy atom. The number of rotatable bonds is 9. The van der Waals surface area contributed by atoms with Gasteiger partial charge in [-0.05, 0) is 55.4 Å². The highest BCUT2D eigenvalue weighted by atomic mass is 32.1. The second-order valence-corrected chi connectivity index (χ2v) is 8.05. The molecule has 0 fully saturated rings. The molecule has 0 saturated carbocycles. The Balaban J connectivity index is 1.48. The molecule has 6 heteroatoms. The molecular formula is C22H27NO4S. The highest BCUT2D eigenvalue weighted by Gasteiger charge is 2.27. The van der Waals surface area contributed by atoms with Crippen molar-refractivity contribution >= 4 is 28.2 Å². The minimum atomic E-state index is -0.371. The average Bonchev–Trinajstić information content (AvgIpc) is 3.27. The summed E-state index contributed by atoms with van der Waals surface area (Å²) in [4.78, 5) is 25.6. The van der Waals surface area contributed by atoms with Gasteiger partial charge in [-0.1, -0.05) is 25.5 Å². The molecule has 1 amide bonds. The van der Waals surface area contributed by atoms with Crippen LogP contribution in [0.2, 0.25) is 0 Å². The molecule has 150 valence electrons. The van der Waals surface area contributed by atoms with E-state index in [9.17, 15) is 9.59 Å². The SMILES string of the molecule is CCCc1ccc(OCCCC(=O)Nc2sc3c(c2C(=O)OC)CCC3)cc1. The molecule has 0 bridgehead atoms. The Bertz CT molecular complexity index is 826. The number of fused-ring (bicyclic) bond motifs is 1. The number of esters is 1. The van der Waals surface area contributed by atoms with Gasteiger partial charge in [0.2, 0.25) is 5.91 Å². The first-order valence-electron chi connectivity index (χ1n) is 9.86. The fraction of sp³-hybridized carbons (Fsp3) is 0.455. The van der Waals surface area contributed by atoms with Crippen LogP contribution in [0.5, 0.6) is 5.75 Å². The summed E-state index contributed by atoms with van der Waals surface area (Å²) in [6, 6.07) is 8.10. The van der Waals surface area contributed by atoms with Crippen molar-refractivity contribution < 1.29 is 19.1 Å². The molecular weight excluding hydrogens is 374 g/mol. The molecule has 0 aliphatic heterocycles. The minimum absolute atomic E-state index is 0.105. The largest absolute Gasteiger partial charge is 0.494 e. The number of thiophene rings is 1. The summed E-state index contributed by atoms with van der Waals surface area (Å²) in [5.41, 5.74) is 2.89. The lowest BCUT2D eigenvalue weighted by Crippen LogP contribution is -2.15. The molecule has 0 unspecified atom stereocenters. The molecule has 28 heavy (non-hydrogen) atoms. The van der Waals surface area contributed by atoms with E-state index < -0.39 is 0 Å². The van der Waals surface area contributed by atoms with Gasteiger partial charge >= 0.3 is 5.97 Å². The van der Waals surface area contributed by atoms with Crippen LogP contribution in [0.4, 0.5) is 5.00 Å². The van der Waals surface area contributed by atoms with Gasteiger partial charge in [0, 0.05) is 11.3 Å². The number of anilines is 1. The fourth-order valence-electron chi connectivity index (χ4n) is 3.46. The summed E-state index contributed by atoms with van der Waals surface area (Å²) < 4.78 is 10.6. The molecule has 3 rings (SSSR count). The van der Waals surface area contributed by atoms with E-state index in [1.807, 2.05) is 12.1 Å². The van der Waals surface area contributed by atoms with Crippen molar-refractivity contribution in [3.05, 3.63) is 45.8 Å². The first kappa shape index (κ1) is 20.4. The number of ether oxygens (including phenoxy) is 2. The van der Waals surface area contributed by atoms with Crippen LogP contribution in [0.3, 0.4) is 0 Å². The Kier molecular flexibility index (Phi) is 7.09. The van der Waals surface area contributed by atoms with E-state index in [0.29, 0.717) is 30.0 Å². The highest BCUT2D eigenvalue weighted by molar-refractivity contribution is 7.17.